The fourth-order valence-electron chi connectivity index (χ4n) is 2.60. The zero-order valence-corrected chi connectivity index (χ0v) is 9.66. The Labute approximate surface area is 96.6 Å². The van der Waals surface area contributed by atoms with Crippen molar-refractivity contribution in [3.05, 3.63) is 47.5 Å². The van der Waals surface area contributed by atoms with E-state index in [9.17, 15) is 0 Å². The molecule has 2 aromatic rings. The first-order chi connectivity index (χ1) is 7.90. The van der Waals surface area contributed by atoms with E-state index in [0.717, 1.165) is 0 Å². The van der Waals surface area contributed by atoms with Gasteiger partial charge < -0.3 is 0 Å². The zero-order valence-electron chi connectivity index (χ0n) is 9.66. The van der Waals surface area contributed by atoms with Crippen LogP contribution in [0.15, 0.2) is 36.4 Å². The number of rotatable bonds is 3. The lowest BCUT2D eigenvalue weighted by Crippen LogP contribution is -1.82. The van der Waals surface area contributed by atoms with Gasteiger partial charge in [-0.3, -0.25) is 0 Å². The molecule has 0 saturated heterocycles. The molecular formula is C16H16. The molecule has 0 bridgehead atoms. The molecule has 0 amide bonds. The number of benzene rings is 2. The molecule has 0 aromatic heterocycles. The largest absolute Gasteiger partial charge is 0.0654 e. The van der Waals surface area contributed by atoms with Gasteiger partial charge in [-0.05, 0) is 40.3 Å². The average molecular weight is 208 g/mol. The van der Waals surface area contributed by atoms with Crippen LogP contribution in [0.25, 0.3) is 22.4 Å². The Balaban J connectivity index is 2.14. The van der Waals surface area contributed by atoms with E-state index in [0.29, 0.717) is 0 Å². The number of hydrogen-bond donors (Lipinski definition) is 0. The van der Waals surface area contributed by atoms with Gasteiger partial charge in [0.15, 0.2) is 0 Å². The van der Waals surface area contributed by atoms with E-state index in [1.807, 2.05) is 0 Å². The molecule has 0 saturated carbocycles. The molecule has 0 unspecified atom stereocenters. The van der Waals surface area contributed by atoms with Gasteiger partial charge in [0.1, 0.15) is 0 Å². The predicted molar refractivity (Wildman–Crippen MR) is 71.3 cm³/mol. The highest BCUT2D eigenvalue weighted by atomic mass is 14.2. The van der Waals surface area contributed by atoms with Crippen molar-refractivity contribution < 1.29 is 0 Å². The van der Waals surface area contributed by atoms with Crippen LogP contribution in [-0.2, 0) is 0 Å². The first-order valence-corrected chi connectivity index (χ1v) is 6.13. The second-order valence-corrected chi connectivity index (χ2v) is 4.52. The van der Waals surface area contributed by atoms with E-state index >= 15 is 0 Å². The van der Waals surface area contributed by atoms with Gasteiger partial charge in [-0.25, -0.2) is 0 Å². The molecule has 0 spiro atoms. The van der Waals surface area contributed by atoms with Crippen LogP contribution in [0, 0.1) is 0 Å². The lowest BCUT2D eigenvalue weighted by atomic mass is 10.00. The molecule has 2 aromatic carbocycles. The Morgan fingerprint density at radius 1 is 1.00 bits per heavy atom. The van der Waals surface area contributed by atoms with E-state index in [1.54, 1.807) is 0 Å². The molecule has 0 aliphatic heterocycles. The summed E-state index contributed by atoms with van der Waals surface area (Å²) < 4.78 is 0. The van der Waals surface area contributed by atoms with E-state index in [2.05, 4.69) is 49.4 Å². The molecule has 0 fully saturated rings. The van der Waals surface area contributed by atoms with Gasteiger partial charge in [-0.2, -0.15) is 0 Å². The van der Waals surface area contributed by atoms with Gasteiger partial charge in [-0.1, -0.05) is 55.8 Å². The molecule has 0 heterocycles. The minimum atomic E-state index is 1.21. The second kappa shape index (κ2) is 3.79. The van der Waals surface area contributed by atoms with Crippen molar-refractivity contribution in [2.45, 2.75) is 26.2 Å². The van der Waals surface area contributed by atoms with Gasteiger partial charge in [0.05, 0.1) is 0 Å². The lowest BCUT2D eigenvalue weighted by molar-refractivity contribution is 0.826. The first kappa shape index (κ1) is 9.65. The van der Waals surface area contributed by atoms with Crippen LogP contribution < -0.4 is 0 Å². The monoisotopic (exact) mass is 208 g/mol. The highest BCUT2D eigenvalue weighted by Gasteiger charge is 2.14. The van der Waals surface area contributed by atoms with Crippen LogP contribution in [0.3, 0.4) is 0 Å². The molecule has 0 atom stereocenters. The molecular weight excluding hydrogens is 192 g/mol. The third-order valence-corrected chi connectivity index (χ3v) is 3.41. The molecule has 0 nitrogen and oxygen atoms in total. The second-order valence-electron chi connectivity index (χ2n) is 4.52. The van der Waals surface area contributed by atoms with Crippen molar-refractivity contribution in [1.29, 1.82) is 0 Å². The zero-order chi connectivity index (χ0) is 11.0. The van der Waals surface area contributed by atoms with Gasteiger partial charge in [0.2, 0.25) is 0 Å². The summed E-state index contributed by atoms with van der Waals surface area (Å²) in [6, 6.07) is 13.2. The van der Waals surface area contributed by atoms with Crippen LogP contribution in [0.5, 0.6) is 0 Å². The smallest absolute Gasteiger partial charge is 0.00360 e. The number of allylic oxidation sites excluding steroid dienone is 1. The maximum Gasteiger partial charge on any atom is -0.00360 e. The van der Waals surface area contributed by atoms with Crippen molar-refractivity contribution >= 4 is 22.4 Å². The predicted octanol–water partition coefficient (Wildman–Crippen LogP) is 4.88. The van der Waals surface area contributed by atoms with E-state index < -0.39 is 0 Å². The molecule has 16 heavy (non-hydrogen) atoms. The Kier molecular flexibility index (Phi) is 2.28. The summed E-state index contributed by atoms with van der Waals surface area (Å²) >= 11 is 0. The fraction of sp³-hybridized carbons (Fsp3) is 0.250. The minimum Gasteiger partial charge on any atom is -0.0654 e. The minimum absolute atomic E-state index is 1.21. The maximum absolute atomic E-state index is 2.37. The van der Waals surface area contributed by atoms with E-state index in [1.165, 1.54) is 46.7 Å². The van der Waals surface area contributed by atoms with Crippen LogP contribution in [0.4, 0.5) is 0 Å². The number of unbranched alkanes of at least 4 members (excludes halogenated alkanes) is 1. The van der Waals surface area contributed by atoms with Crippen LogP contribution >= 0.6 is 0 Å². The van der Waals surface area contributed by atoms with Crippen LogP contribution in [0.1, 0.15) is 37.3 Å². The third kappa shape index (κ3) is 1.37. The normalized spacial score (nSPS) is 13.2. The molecule has 0 radical (unpaired) electrons. The summed E-state index contributed by atoms with van der Waals surface area (Å²) in [5, 5.41) is 2.83. The highest BCUT2D eigenvalue weighted by molar-refractivity contribution is 6.09. The summed E-state index contributed by atoms with van der Waals surface area (Å²) in [7, 11) is 0. The summed E-state index contributed by atoms with van der Waals surface area (Å²) in [5.41, 5.74) is 4.38. The van der Waals surface area contributed by atoms with Gasteiger partial charge in [0, 0.05) is 0 Å². The van der Waals surface area contributed by atoms with Crippen molar-refractivity contribution in [3.63, 3.8) is 0 Å². The van der Waals surface area contributed by atoms with Gasteiger partial charge in [0.25, 0.3) is 0 Å². The number of hydrogen-bond acceptors (Lipinski definition) is 0. The molecule has 1 aliphatic carbocycles. The third-order valence-electron chi connectivity index (χ3n) is 3.41. The Bertz CT molecular complexity index is 556. The molecule has 3 rings (SSSR count). The van der Waals surface area contributed by atoms with E-state index in [4.69, 9.17) is 0 Å². The standard InChI is InChI=1S/C16H16/c1-2-3-6-13-11-14-9-4-7-12-8-5-10-15(13)16(12)14/h4-5,7-11H,2-3,6H2,1H3. The highest BCUT2D eigenvalue weighted by Crippen LogP contribution is 2.38. The first-order valence-electron chi connectivity index (χ1n) is 6.13. The summed E-state index contributed by atoms with van der Waals surface area (Å²) in [6.07, 6.45) is 6.14. The molecule has 0 N–H and O–H groups in total. The van der Waals surface area contributed by atoms with Crippen molar-refractivity contribution in [1.82, 2.24) is 0 Å². The summed E-state index contributed by atoms with van der Waals surface area (Å²) in [6.45, 7) is 2.25. The molecule has 0 heteroatoms. The fourth-order valence-corrected chi connectivity index (χ4v) is 2.60. The lowest BCUT2D eigenvalue weighted by Gasteiger charge is -2.04. The maximum atomic E-state index is 2.37. The summed E-state index contributed by atoms with van der Waals surface area (Å²) in [4.78, 5) is 0. The van der Waals surface area contributed by atoms with Gasteiger partial charge in [-0.15, -0.1) is 0 Å². The molecule has 1 aliphatic rings. The Hall–Kier alpha value is -1.56. The van der Waals surface area contributed by atoms with Crippen molar-refractivity contribution in [2.75, 3.05) is 0 Å². The Morgan fingerprint density at radius 2 is 1.81 bits per heavy atom. The van der Waals surface area contributed by atoms with Gasteiger partial charge >= 0.3 is 0 Å². The Morgan fingerprint density at radius 3 is 2.62 bits per heavy atom. The van der Waals surface area contributed by atoms with Crippen molar-refractivity contribution in [3.8, 4) is 0 Å². The molecule has 80 valence electrons. The average Bonchev–Trinajstić information content (AvgIpc) is 2.68. The van der Waals surface area contributed by atoms with Crippen LogP contribution in [0.2, 0.25) is 0 Å². The topological polar surface area (TPSA) is 0 Å². The van der Waals surface area contributed by atoms with Crippen LogP contribution in [-0.4, -0.2) is 0 Å². The van der Waals surface area contributed by atoms with E-state index in [-0.39, 0.29) is 0 Å². The quantitative estimate of drug-likeness (QED) is 0.674. The SMILES string of the molecule is CCCCC1=Cc2cccc3cccc1c23. The summed E-state index contributed by atoms with van der Waals surface area (Å²) in [5.74, 6) is 0. The van der Waals surface area contributed by atoms with Crippen molar-refractivity contribution in [2.24, 2.45) is 0 Å².